The van der Waals surface area contributed by atoms with Crippen LogP contribution in [0.15, 0.2) is 6.20 Å². The van der Waals surface area contributed by atoms with Crippen molar-refractivity contribution in [3.63, 3.8) is 0 Å². The Labute approximate surface area is 124 Å². The van der Waals surface area contributed by atoms with Crippen LogP contribution in [0.5, 0.6) is 0 Å². The molecule has 1 aromatic rings. The maximum atomic E-state index is 11.5. The normalized spacial score (nSPS) is 19.1. The summed E-state index contributed by atoms with van der Waals surface area (Å²) < 4.78 is 5.43. The number of nitrogens with two attached hydrogens (primary N) is 1. The average molecular weight is 293 g/mol. The lowest BCUT2D eigenvalue weighted by Crippen LogP contribution is -2.32. The zero-order valence-corrected chi connectivity index (χ0v) is 12.8. The molecule has 4 N–H and O–H groups in total. The highest BCUT2D eigenvalue weighted by Crippen LogP contribution is 2.19. The van der Waals surface area contributed by atoms with E-state index in [0.29, 0.717) is 23.9 Å². The second-order valence-corrected chi connectivity index (χ2v) is 6.25. The number of nitrogens with zero attached hydrogens (tertiary/aromatic N) is 2. The van der Waals surface area contributed by atoms with Gasteiger partial charge in [0.15, 0.2) is 0 Å². The number of amides is 1. The van der Waals surface area contributed by atoms with E-state index in [1.807, 2.05) is 20.8 Å². The van der Waals surface area contributed by atoms with Crippen LogP contribution in [0.2, 0.25) is 0 Å². The molecular formula is C14H23N5O2. The minimum atomic E-state index is -0.545. The van der Waals surface area contributed by atoms with E-state index in [1.54, 1.807) is 0 Å². The largest absolute Gasteiger partial charge is 0.379 e. The summed E-state index contributed by atoms with van der Waals surface area (Å²) in [5, 5.41) is 6.42. The third-order valence-electron chi connectivity index (χ3n) is 3.04. The summed E-state index contributed by atoms with van der Waals surface area (Å²) in [5.74, 6) is 0.378. The fraction of sp³-hybridized carbons (Fsp3) is 0.643. The van der Waals surface area contributed by atoms with Crippen molar-refractivity contribution < 1.29 is 9.53 Å². The molecule has 116 valence electrons. The first-order chi connectivity index (χ1) is 9.85. The number of ether oxygens (including phenoxy) is 1. The monoisotopic (exact) mass is 293 g/mol. The van der Waals surface area contributed by atoms with Gasteiger partial charge in [-0.05, 0) is 33.6 Å². The van der Waals surface area contributed by atoms with Crippen LogP contribution in [-0.2, 0) is 4.74 Å². The van der Waals surface area contributed by atoms with E-state index in [9.17, 15) is 4.79 Å². The molecule has 0 bridgehead atoms. The minimum Gasteiger partial charge on any atom is -0.379 e. The molecule has 7 nitrogen and oxygen atoms in total. The number of carbonyl (C=O) groups is 1. The van der Waals surface area contributed by atoms with Crippen molar-refractivity contribution in [2.75, 3.05) is 23.8 Å². The third kappa shape index (κ3) is 4.56. The summed E-state index contributed by atoms with van der Waals surface area (Å²) in [6.45, 7) is 7.42. The van der Waals surface area contributed by atoms with Crippen LogP contribution in [-0.4, -0.2) is 40.7 Å². The molecule has 2 rings (SSSR count). The fourth-order valence-electron chi connectivity index (χ4n) is 2.12. The number of primary amides is 1. The van der Waals surface area contributed by atoms with Crippen LogP contribution in [0.4, 0.5) is 11.8 Å². The van der Waals surface area contributed by atoms with E-state index < -0.39 is 5.91 Å². The van der Waals surface area contributed by atoms with Crippen molar-refractivity contribution in [3.05, 3.63) is 11.8 Å². The minimum absolute atomic E-state index is 0.134. The molecule has 1 unspecified atom stereocenters. The molecule has 0 radical (unpaired) electrons. The molecule has 7 heteroatoms. The van der Waals surface area contributed by atoms with Gasteiger partial charge in [-0.2, -0.15) is 4.98 Å². The van der Waals surface area contributed by atoms with Crippen LogP contribution < -0.4 is 16.4 Å². The van der Waals surface area contributed by atoms with Gasteiger partial charge in [0.1, 0.15) is 5.82 Å². The van der Waals surface area contributed by atoms with Crippen molar-refractivity contribution in [1.82, 2.24) is 9.97 Å². The number of rotatable bonds is 4. The number of nitrogens with one attached hydrogen (secondary N) is 2. The van der Waals surface area contributed by atoms with Gasteiger partial charge in [-0.25, -0.2) is 4.98 Å². The van der Waals surface area contributed by atoms with Crippen molar-refractivity contribution in [2.45, 2.75) is 45.2 Å². The van der Waals surface area contributed by atoms with E-state index >= 15 is 0 Å². The summed E-state index contributed by atoms with van der Waals surface area (Å²) in [7, 11) is 0. The molecule has 21 heavy (non-hydrogen) atoms. The standard InChI is InChI=1S/C14H23N5O2/c1-14(2,3)19-13-16-7-10(11(15)20)12(18-13)17-9-5-4-6-21-8-9/h7,9H,4-6,8H2,1-3H3,(H2,15,20)(H2,16,17,18,19). The van der Waals surface area contributed by atoms with Gasteiger partial charge in [-0.15, -0.1) is 0 Å². The Morgan fingerprint density at radius 2 is 2.24 bits per heavy atom. The van der Waals surface area contributed by atoms with Gasteiger partial charge < -0.3 is 21.1 Å². The molecule has 1 saturated heterocycles. The average Bonchev–Trinajstić information content (AvgIpc) is 2.37. The Balaban J connectivity index is 2.21. The molecule has 2 heterocycles. The zero-order valence-electron chi connectivity index (χ0n) is 12.8. The van der Waals surface area contributed by atoms with Crippen LogP contribution in [0, 0.1) is 0 Å². The topological polar surface area (TPSA) is 102 Å². The van der Waals surface area contributed by atoms with E-state index in [4.69, 9.17) is 10.5 Å². The molecule has 1 atom stereocenters. The maximum Gasteiger partial charge on any atom is 0.254 e. The van der Waals surface area contributed by atoms with Crippen molar-refractivity contribution >= 4 is 17.7 Å². The van der Waals surface area contributed by atoms with Gasteiger partial charge in [-0.1, -0.05) is 0 Å². The molecule has 1 aliphatic heterocycles. The van der Waals surface area contributed by atoms with Crippen LogP contribution in [0.1, 0.15) is 44.0 Å². The number of carbonyl (C=O) groups excluding carboxylic acids is 1. The smallest absolute Gasteiger partial charge is 0.254 e. The van der Waals surface area contributed by atoms with Gasteiger partial charge in [0, 0.05) is 18.3 Å². The lowest BCUT2D eigenvalue weighted by molar-refractivity contribution is 0.0873. The first-order valence-corrected chi connectivity index (χ1v) is 7.14. The summed E-state index contributed by atoms with van der Waals surface area (Å²) in [6, 6.07) is 0.134. The Bertz CT molecular complexity index is 507. The molecule has 1 fully saturated rings. The predicted octanol–water partition coefficient (Wildman–Crippen LogP) is 1.38. The summed E-state index contributed by atoms with van der Waals surface area (Å²) in [4.78, 5) is 20.0. The van der Waals surface area contributed by atoms with E-state index in [0.717, 1.165) is 19.4 Å². The van der Waals surface area contributed by atoms with Crippen molar-refractivity contribution in [3.8, 4) is 0 Å². The molecule has 1 amide bonds. The quantitative estimate of drug-likeness (QED) is 0.775. The summed E-state index contributed by atoms with van der Waals surface area (Å²) in [5.41, 5.74) is 5.51. The lowest BCUT2D eigenvalue weighted by Gasteiger charge is -2.25. The molecule has 0 saturated carbocycles. The maximum absolute atomic E-state index is 11.5. The predicted molar refractivity (Wildman–Crippen MR) is 81.4 cm³/mol. The number of anilines is 2. The molecule has 1 aliphatic rings. The van der Waals surface area contributed by atoms with Crippen LogP contribution in [0.3, 0.4) is 0 Å². The van der Waals surface area contributed by atoms with Gasteiger partial charge in [0.25, 0.3) is 5.91 Å². The molecule has 0 spiro atoms. The van der Waals surface area contributed by atoms with Crippen molar-refractivity contribution in [1.29, 1.82) is 0 Å². The molecule has 1 aromatic heterocycles. The second-order valence-electron chi connectivity index (χ2n) is 6.25. The van der Waals surface area contributed by atoms with Gasteiger partial charge in [-0.3, -0.25) is 4.79 Å². The highest BCUT2D eigenvalue weighted by Gasteiger charge is 2.20. The number of hydrogen-bond acceptors (Lipinski definition) is 6. The van der Waals surface area contributed by atoms with E-state index in [1.165, 1.54) is 6.20 Å². The highest BCUT2D eigenvalue weighted by atomic mass is 16.5. The summed E-state index contributed by atoms with van der Waals surface area (Å²) >= 11 is 0. The SMILES string of the molecule is CC(C)(C)Nc1ncc(C(N)=O)c(NC2CCCOC2)n1. The van der Waals surface area contributed by atoms with Crippen LogP contribution in [0.25, 0.3) is 0 Å². The Morgan fingerprint density at radius 3 is 2.81 bits per heavy atom. The van der Waals surface area contributed by atoms with E-state index in [-0.39, 0.29) is 11.6 Å². The highest BCUT2D eigenvalue weighted by molar-refractivity contribution is 5.97. The number of hydrogen-bond donors (Lipinski definition) is 3. The molecule has 0 aromatic carbocycles. The Hall–Kier alpha value is -1.89. The van der Waals surface area contributed by atoms with Crippen molar-refractivity contribution in [2.24, 2.45) is 5.73 Å². The fourth-order valence-corrected chi connectivity index (χ4v) is 2.12. The van der Waals surface area contributed by atoms with E-state index in [2.05, 4.69) is 20.6 Å². The van der Waals surface area contributed by atoms with Gasteiger partial charge in [0.05, 0.1) is 18.2 Å². The summed E-state index contributed by atoms with van der Waals surface area (Å²) in [6.07, 6.45) is 3.42. The van der Waals surface area contributed by atoms with Gasteiger partial charge in [0.2, 0.25) is 5.95 Å². The van der Waals surface area contributed by atoms with Gasteiger partial charge >= 0.3 is 0 Å². The lowest BCUT2D eigenvalue weighted by atomic mass is 10.1. The Kier molecular flexibility index (Phi) is 4.62. The van der Waals surface area contributed by atoms with Crippen LogP contribution >= 0.6 is 0 Å². The third-order valence-corrected chi connectivity index (χ3v) is 3.04. The first kappa shape index (κ1) is 15.5. The number of aromatic nitrogens is 2. The molecular weight excluding hydrogens is 270 g/mol. The first-order valence-electron chi connectivity index (χ1n) is 7.14. The zero-order chi connectivity index (χ0) is 15.5. The second kappa shape index (κ2) is 6.26. The Morgan fingerprint density at radius 1 is 1.48 bits per heavy atom. The molecule has 0 aliphatic carbocycles.